The van der Waals surface area contributed by atoms with Gasteiger partial charge in [0.1, 0.15) is 0 Å². The van der Waals surface area contributed by atoms with E-state index in [1.165, 1.54) is 0 Å². The zero-order valence-electron chi connectivity index (χ0n) is 9.27. The van der Waals surface area contributed by atoms with Gasteiger partial charge in [-0.1, -0.05) is 12.2 Å². The van der Waals surface area contributed by atoms with Crippen LogP contribution in [0.3, 0.4) is 0 Å². The summed E-state index contributed by atoms with van der Waals surface area (Å²) in [5.74, 6) is 0.0815. The van der Waals surface area contributed by atoms with Crippen molar-refractivity contribution >= 4 is 5.91 Å². The molecule has 0 saturated carbocycles. The van der Waals surface area contributed by atoms with Gasteiger partial charge in [0, 0.05) is 13.6 Å². The predicted molar refractivity (Wildman–Crippen MR) is 55.6 cm³/mol. The van der Waals surface area contributed by atoms with Crippen LogP contribution in [0, 0.1) is 0 Å². The van der Waals surface area contributed by atoms with Crippen molar-refractivity contribution in [2.75, 3.05) is 20.6 Å². The fourth-order valence-corrected chi connectivity index (χ4v) is 1.06. The largest absolute Gasteiger partial charge is 0.340 e. The van der Waals surface area contributed by atoms with Gasteiger partial charge in [-0.3, -0.25) is 4.79 Å². The summed E-state index contributed by atoms with van der Waals surface area (Å²) in [6.07, 6.45) is 0. The molecule has 0 aliphatic carbocycles. The van der Waals surface area contributed by atoms with Gasteiger partial charge in [0.2, 0.25) is 5.91 Å². The third-order valence-corrected chi connectivity index (χ3v) is 2.01. The van der Waals surface area contributed by atoms with Gasteiger partial charge in [-0.2, -0.15) is 0 Å². The average molecular weight is 184 g/mol. The quantitative estimate of drug-likeness (QED) is 0.662. The lowest BCUT2D eigenvalue weighted by atomic mass is 10.0. The van der Waals surface area contributed by atoms with E-state index in [1.807, 2.05) is 20.8 Å². The fourth-order valence-electron chi connectivity index (χ4n) is 1.06. The van der Waals surface area contributed by atoms with Crippen LogP contribution in [0.4, 0.5) is 0 Å². The van der Waals surface area contributed by atoms with E-state index in [0.717, 1.165) is 5.57 Å². The van der Waals surface area contributed by atoms with Crippen LogP contribution in [0.2, 0.25) is 0 Å². The Morgan fingerprint density at radius 2 is 2.00 bits per heavy atom. The molecule has 0 rings (SSSR count). The molecule has 3 nitrogen and oxygen atoms in total. The molecule has 0 atom stereocenters. The molecule has 76 valence electrons. The van der Waals surface area contributed by atoms with Crippen molar-refractivity contribution in [3.8, 4) is 0 Å². The molecular weight excluding hydrogens is 164 g/mol. The Morgan fingerprint density at radius 3 is 2.31 bits per heavy atom. The summed E-state index contributed by atoms with van der Waals surface area (Å²) < 4.78 is 0. The second-order valence-corrected chi connectivity index (χ2v) is 3.99. The molecule has 0 aromatic carbocycles. The van der Waals surface area contributed by atoms with E-state index in [9.17, 15) is 4.79 Å². The van der Waals surface area contributed by atoms with E-state index in [1.54, 1.807) is 19.0 Å². The van der Waals surface area contributed by atoms with Crippen molar-refractivity contribution in [1.29, 1.82) is 0 Å². The number of nitrogens with zero attached hydrogens (tertiary/aromatic N) is 1. The summed E-state index contributed by atoms with van der Waals surface area (Å²) >= 11 is 0. The Bertz CT molecular complexity index is 209. The number of likely N-dealkylation sites (N-methyl/N-ethyl adjacent to an activating group) is 2. The Labute approximate surface area is 80.8 Å². The molecule has 0 radical (unpaired) electrons. The van der Waals surface area contributed by atoms with E-state index >= 15 is 0 Å². The first kappa shape index (κ1) is 12.2. The van der Waals surface area contributed by atoms with Crippen molar-refractivity contribution in [2.24, 2.45) is 0 Å². The predicted octanol–water partition coefficient (Wildman–Crippen LogP) is 1.02. The molecule has 0 saturated heterocycles. The molecule has 0 unspecified atom stereocenters. The van der Waals surface area contributed by atoms with Gasteiger partial charge in [0.15, 0.2) is 0 Å². The van der Waals surface area contributed by atoms with Gasteiger partial charge in [0.05, 0.1) is 5.54 Å². The third-order valence-electron chi connectivity index (χ3n) is 2.01. The van der Waals surface area contributed by atoms with Crippen molar-refractivity contribution in [3.63, 3.8) is 0 Å². The zero-order chi connectivity index (χ0) is 10.6. The highest BCUT2D eigenvalue weighted by Crippen LogP contribution is 2.06. The molecule has 1 amide bonds. The number of hydrogen-bond donors (Lipinski definition) is 1. The van der Waals surface area contributed by atoms with Crippen LogP contribution in [0.5, 0.6) is 0 Å². The van der Waals surface area contributed by atoms with E-state index in [2.05, 4.69) is 11.9 Å². The van der Waals surface area contributed by atoms with Crippen LogP contribution in [0.1, 0.15) is 20.8 Å². The summed E-state index contributed by atoms with van der Waals surface area (Å²) in [5, 5.41) is 2.97. The molecule has 0 aromatic heterocycles. The Morgan fingerprint density at radius 1 is 1.54 bits per heavy atom. The lowest BCUT2D eigenvalue weighted by Gasteiger charge is -2.29. The number of hydrogen-bond acceptors (Lipinski definition) is 2. The van der Waals surface area contributed by atoms with E-state index in [4.69, 9.17) is 0 Å². The smallest absolute Gasteiger partial charge is 0.242 e. The van der Waals surface area contributed by atoms with Crippen LogP contribution in [-0.4, -0.2) is 37.0 Å². The molecule has 0 aromatic rings. The van der Waals surface area contributed by atoms with E-state index in [-0.39, 0.29) is 5.91 Å². The van der Waals surface area contributed by atoms with Crippen LogP contribution < -0.4 is 5.32 Å². The highest BCUT2D eigenvalue weighted by Gasteiger charge is 2.27. The van der Waals surface area contributed by atoms with Crippen LogP contribution >= 0.6 is 0 Å². The Hall–Kier alpha value is -0.830. The normalized spacial score (nSPS) is 11.2. The summed E-state index contributed by atoms with van der Waals surface area (Å²) in [6.45, 7) is 10.0. The van der Waals surface area contributed by atoms with Crippen molar-refractivity contribution in [3.05, 3.63) is 12.2 Å². The molecule has 3 heteroatoms. The number of carbonyl (C=O) groups excluding carboxylic acids is 1. The molecule has 0 aliphatic heterocycles. The molecule has 13 heavy (non-hydrogen) atoms. The molecule has 0 heterocycles. The second kappa shape index (κ2) is 4.42. The molecule has 1 N–H and O–H groups in total. The topological polar surface area (TPSA) is 32.3 Å². The minimum Gasteiger partial charge on any atom is -0.340 e. The summed E-state index contributed by atoms with van der Waals surface area (Å²) in [7, 11) is 3.57. The van der Waals surface area contributed by atoms with Crippen molar-refractivity contribution in [2.45, 2.75) is 26.3 Å². The summed E-state index contributed by atoms with van der Waals surface area (Å²) in [4.78, 5) is 13.4. The number of rotatable bonds is 4. The summed E-state index contributed by atoms with van der Waals surface area (Å²) in [6, 6.07) is 0. The maximum Gasteiger partial charge on any atom is 0.242 e. The standard InChI is InChI=1S/C10H20N2O/c1-8(2)7-12(6)9(13)10(3,4)11-5/h11H,1,7H2,2-6H3. The van der Waals surface area contributed by atoms with Crippen molar-refractivity contribution < 1.29 is 4.79 Å². The van der Waals surface area contributed by atoms with Gasteiger partial charge in [-0.15, -0.1) is 0 Å². The lowest BCUT2D eigenvalue weighted by molar-refractivity contribution is -0.135. The monoisotopic (exact) mass is 184 g/mol. The Balaban J connectivity index is 4.34. The second-order valence-electron chi connectivity index (χ2n) is 3.99. The third kappa shape index (κ3) is 3.59. The molecular formula is C10H20N2O. The lowest BCUT2D eigenvalue weighted by Crippen LogP contribution is -2.51. The molecule has 0 bridgehead atoms. The van der Waals surface area contributed by atoms with Gasteiger partial charge in [0.25, 0.3) is 0 Å². The van der Waals surface area contributed by atoms with E-state index in [0.29, 0.717) is 6.54 Å². The number of nitrogens with one attached hydrogen (secondary N) is 1. The van der Waals surface area contributed by atoms with Gasteiger partial charge in [-0.25, -0.2) is 0 Å². The maximum absolute atomic E-state index is 11.8. The first-order valence-corrected chi connectivity index (χ1v) is 4.40. The minimum atomic E-state index is -0.496. The fraction of sp³-hybridized carbons (Fsp3) is 0.700. The maximum atomic E-state index is 11.8. The SMILES string of the molecule is C=C(C)CN(C)C(=O)C(C)(C)NC. The Kier molecular flexibility index (Phi) is 4.14. The minimum absolute atomic E-state index is 0.0815. The zero-order valence-corrected chi connectivity index (χ0v) is 9.27. The highest BCUT2D eigenvalue weighted by molar-refractivity contribution is 5.85. The van der Waals surface area contributed by atoms with Crippen LogP contribution in [0.25, 0.3) is 0 Å². The summed E-state index contributed by atoms with van der Waals surface area (Å²) in [5.41, 5.74) is 0.493. The average Bonchev–Trinajstić information content (AvgIpc) is 2.01. The van der Waals surface area contributed by atoms with Gasteiger partial charge in [-0.05, 0) is 27.8 Å². The first-order chi connectivity index (χ1) is 5.81. The molecule has 0 spiro atoms. The van der Waals surface area contributed by atoms with Gasteiger partial charge >= 0.3 is 0 Å². The van der Waals surface area contributed by atoms with Gasteiger partial charge < -0.3 is 10.2 Å². The molecule has 0 fully saturated rings. The first-order valence-electron chi connectivity index (χ1n) is 4.40. The number of amides is 1. The van der Waals surface area contributed by atoms with Crippen molar-refractivity contribution in [1.82, 2.24) is 10.2 Å². The van der Waals surface area contributed by atoms with E-state index < -0.39 is 5.54 Å². The molecule has 0 aliphatic rings. The van der Waals surface area contributed by atoms with Crippen LogP contribution in [0.15, 0.2) is 12.2 Å². The van der Waals surface area contributed by atoms with Crippen LogP contribution in [-0.2, 0) is 4.79 Å². The number of carbonyl (C=O) groups is 1. The highest BCUT2D eigenvalue weighted by atomic mass is 16.2.